The van der Waals surface area contributed by atoms with Crippen LogP contribution < -0.4 is 15.4 Å². The minimum Gasteiger partial charge on any atom is -0.477 e. The first-order chi connectivity index (χ1) is 21.7. The fourth-order valence-electron chi connectivity index (χ4n) is 4.59. The first kappa shape index (κ1) is 38.7. The fraction of sp³-hybridized carbons (Fsp3) is 0.621. The van der Waals surface area contributed by atoms with E-state index < -0.39 is 85.7 Å². The van der Waals surface area contributed by atoms with Crippen LogP contribution in [0.1, 0.15) is 37.7 Å². The maximum atomic E-state index is 12.4. The Morgan fingerprint density at radius 3 is 2.33 bits per heavy atom. The van der Waals surface area contributed by atoms with E-state index in [4.69, 9.17) is 25.7 Å². The number of nitrogens with one attached hydrogen (secondary N) is 2. The number of hydrogen-bond donors (Lipinski definition) is 7. The number of alkyl halides is 3. The molecule has 1 aromatic rings. The molecule has 14 nitrogen and oxygen atoms in total. The van der Waals surface area contributed by atoms with Crippen LogP contribution in [-0.4, -0.2) is 119 Å². The summed E-state index contributed by atoms with van der Waals surface area (Å²) in [4.78, 5) is 36.6. The van der Waals surface area contributed by atoms with Crippen LogP contribution in [0.15, 0.2) is 24.3 Å². The van der Waals surface area contributed by atoms with Gasteiger partial charge in [0.15, 0.2) is 0 Å². The van der Waals surface area contributed by atoms with Crippen LogP contribution in [-0.2, 0) is 35.0 Å². The maximum Gasteiger partial charge on any atom is 0.573 e. The number of ether oxygens (including phenoxy) is 4. The Kier molecular flexibility index (Phi) is 15.6. The minimum atomic E-state index is -4.89. The number of aliphatic hydroxyl groups is 4. The molecular formula is C29H39F3N2O12. The van der Waals surface area contributed by atoms with Crippen LogP contribution in [0.2, 0.25) is 0 Å². The van der Waals surface area contributed by atoms with Crippen molar-refractivity contribution in [3.05, 3.63) is 29.8 Å². The molecule has 17 heteroatoms. The summed E-state index contributed by atoms with van der Waals surface area (Å²) in [7, 11) is 0. The van der Waals surface area contributed by atoms with Gasteiger partial charge >= 0.3 is 12.3 Å². The number of amides is 2. The molecule has 1 aliphatic rings. The standard InChI is InChI=1S/C29H39F3N2O12/c1-2-11-43-12-5-3-4-6-13-44-28(27(41)42)15-20(36)24(34-23(39)17-35)26(46-28)25(40)21(37)16-33-22(38)14-18-7-9-19(10-8-18)45-29(30,31)32/h1,7-10,20-21,24-26,35-37,40H,3-6,11-17H2,(H,33,38)(H,34,39)(H,41,42)/t20-,21+,24+,25+,26+,28+/m0/s1. The number of carbonyl (C=O) groups is 3. The molecule has 1 heterocycles. The largest absolute Gasteiger partial charge is 0.573 e. The van der Waals surface area contributed by atoms with Gasteiger partial charge in [0.1, 0.15) is 31.2 Å². The second-order valence-electron chi connectivity index (χ2n) is 10.4. The fourth-order valence-corrected chi connectivity index (χ4v) is 4.59. The molecule has 0 aromatic heterocycles. The second-order valence-corrected chi connectivity index (χ2v) is 10.4. The van der Waals surface area contributed by atoms with Crippen molar-refractivity contribution >= 4 is 17.8 Å². The highest BCUT2D eigenvalue weighted by atomic mass is 19.4. The predicted octanol–water partition coefficient (Wildman–Crippen LogP) is -0.400. The lowest BCUT2D eigenvalue weighted by Gasteiger charge is -2.46. The number of halogens is 3. The Morgan fingerprint density at radius 1 is 1.09 bits per heavy atom. The molecule has 0 bridgehead atoms. The Hall–Kier alpha value is -3.50. The van der Waals surface area contributed by atoms with Gasteiger partial charge in [-0.05, 0) is 30.5 Å². The molecule has 2 rings (SSSR count). The summed E-state index contributed by atoms with van der Waals surface area (Å²) in [5.74, 6) is -3.96. The highest BCUT2D eigenvalue weighted by Crippen LogP contribution is 2.34. The molecule has 0 spiro atoms. The smallest absolute Gasteiger partial charge is 0.477 e. The summed E-state index contributed by atoms with van der Waals surface area (Å²) in [5.41, 5.74) is 0.299. The molecular weight excluding hydrogens is 625 g/mol. The lowest BCUT2D eigenvalue weighted by atomic mass is 9.88. The summed E-state index contributed by atoms with van der Waals surface area (Å²) >= 11 is 0. The number of carboxylic acid groups (broad SMARTS) is 1. The first-order valence-corrected chi connectivity index (χ1v) is 14.3. The normalized spacial score (nSPS) is 22.7. The lowest BCUT2D eigenvalue weighted by molar-refractivity contribution is -0.310. The first-order valence-electron chi connectivity index (χ1n) is 14.3. The van der Waals surface area contributed by atoms with Crippen molar-refractivity contribution in [3.8, 4) is 18.1 Å². The minimum absolute atomic E-state index is 0.122. The maximum absolute atomic E-state index is 12.4. The number of rotatable bonds is 19. The third kappa shape index (κ3) is 12.7. The van der Waals surface area contributed by atoms with Crippen LogP contribution in [0.4, 0.5) is 13.2 Å². The van der Waals surface area contributed by atoms with Crippen molar-refractivity contribution < 1.29 is 72.0 Å². The van der Waals surface area contributed by atoms with Crippen LogP contribution in [0.25, 0.3) is 0 Å². The topological polar surface area (TPSA) is 213 Å². The van der Waals surface area contributed by atoms with Gasteiger partial charge in [-0.2, -0.15) is 0 Å². The zero-order chi connectivity index (χ0) is 34.3. The summed E-state index contributed by atoms with van der Waals surface area (Å²) < 4.78 is 57.2. The van der Waals surface area contributed by atoms with E-state index >= 15 is 0 Å². The van der Waals surface area contributed by atoms with E-state index in [1.807, 2.05) is 0 Å². The zero-order valence-electron chi connectivity index (χ0n) is 24.8. The number of benzene rings is 1. The van der Waals surface area contributed by atoms with E-state index in [0.717, 1.165) is 18.6 Å². The SMILES string of the molecule is C#CCOCCCCCCO[C@]1(C(=O)O)C[C@H](O)[C@@H](NC(=O)CO)[C@H]([C@H](O)[C@H](O)CNC(=O)Cc2ccc(OC(F)(F)F)cc2)O1. The number of unbranched alkanes of at least 4 members (excludes halogenated alkanes) is 3. The molecule has 0 aliphatic carbocycles. The van der Waals surface area contributed by atoms with E-state index in [1.54, 1.807) is 0 Å². The number of aliphatic carboxylic acids is 1. The Morgan fingerprint density at radius 2 is 1.74 bits per heavy atom. The molecule has 1 aromatic carbocycles. The molecule has 1 fully saturated rings. The van der Waals surface area contributed by atoms with E-state index in [0.29, 0.717) is 31.4 Å². The molecule has 0 radical (unpaired) electrons. The van der Waals surface area contributed by atoms with Gasteiger partial charge in [-0.25, -0.2) is 4.79 Å². The third-order valence-electron chi connectivity index (χ3n) is 6.83. The molecule has 1 saturated heterocycles. The quantitative estimate of drug-likeness (QED) is 0.0744. The third-order valence-corrected chi connectivity index (χ3v) is 6.83. The second kappa shape index (κ2) is 18.6. The highest BCUT2D eigenvalue weighted by molar-refractivity contribution is 5.79. The van der Waals surface area contributed by atoms with E-state index in [1.165, 1.54) is 12.1 Å². The van der Waals surface area contributed by atoms with Crippen LogP contribution in [0.5, 0.6) is 5.75 Å². The average molecular weight is 665 g/mol. The lowest BCUT2D eigenvalue weighted by Crippen LogP contribution is -2.68. The van der Waals surface area contributed by atoms with Crippen molar-refractivity contribution in [3.63, 3.8) is 0 Å². The van der Waals surface area contributed by atoms with Gasteiger partial charge in [-0.15, -0.1) is 19.6 Å². The van der Waals surface area contributed by atoms with Crippen molar-refractivity contribution in [2.45, 2.75) is 81.1 Å². The van der Waals surface area contributed by atoms with Crippen LogP contribution in [0.3, 0.4) is 0 Å². The molecule has 258 valence electrons. The summed E-state index contributed by atoms with van der Waals surface area (Å²) in [6, 6.07) is 2.96. The van der Waals surface area contributed by atoms with Gasteiger partial charge < -0.3 is 55.1 Å². The molecule has 0 saturated carbocycles. The molecule has 1 aliphatic heterocycles. The highest BCUT2D eigenvalue weighted by Gasteiger charge is 2.55. The van der Waals surface area contributed by atoms with Crippen molar-refractivity contribution in [2.75, 3.05) is 33.0 Å². The molecule has 46 heavy (non-hydrogen) atoms. The van der Waals surface area contributed by atoms with E-state index in [9.17, 15) is 48.0 Å². The van der Waals surface area contributed by atoms with Crippen LogP contribution in [0, 0.1) is 12.3 Å². The van der Waals surface area contributed by atoms with E-state index in [2.05, 4.69) is 21.3 Å². The number of aliphatic hydroxyl groups excluding tert-OH is 4. The molecule has 2 amide bonds. The predicted molar refractivity (Wildman–Crippen MR) is 151 cm³/mol. The van der Waals surface area contributed by atoms with Crippen LogP contribution >= 0.6 is 0 Å². The summed E-state index contributed by atoms with van der Waals surface area (Å²) in [6.07, 6.45) is -5.65. The number of terminal acetylenes is 1. The van der Waals surface area contributed by atoms with Gasteiger partial charge in [0.2, 0.25) is 11.8 Å². The zero-order valence-corrected chi connectivity index (χ0v) is 24.8. The van der Waals surface area contributed by atoms with E-state index in [-0.39, 0.29) is 19.6 Å². The molecule has 0 unspecified atom stereocenters. The Balaban J connectivity index is 2.04. The number of carboxylic acids is 1. The monoisotopic (exact) mass is 664 g/mol. The van der Waals surface area contributed by atoms with Gasteiger partial charge in [-0.1, -0.05) is 30.9 Å². The Labute approximate surface area is 262 Å². The van der Waals surface area contributed by atoms with Gasteiger partial charge in [-0.3, -0.25) is 9.59 Å². The van der Waals surface area contributed by atoms with Crippen molar-refractivity contribution in [2.24, 2.45) is 0 Å². The Bertz CT molecular complexity index is 1160. The van der Waals surface area contributed by atoms with Gasteiger partial charge in [0.05, 0.1) is 31.3 Å². The molecule has 7 N–H and O–H groups in total. The number of carbonyl (C=O) groups excluding carboxylic acids is 2. The van der Waals surface area contributed by atoms with Crippen molar-refractivity contribution in [1.29, 1.82) is 0 Å². The van der Waals surface area contributed by atoms with Gasteiger partial charge in [0, 0.05) is 19.6 Å². The van der Waals surface area contributed by atoms with Gasteiger partial charge in [0.25, 0.3) is 5.79 Å². The summed E-state index contributed by atoms with van der Waals surface area (Å²) in [6.45, 7) is -1.10. The summed E-state index contributed by atoms with van der Waals surface area (Å²) in [5, 5.41) is 56.1. The van der Waals surface area contributed by atoms with Crippen molar-refractivity contribution in [1.82, 2.24) is 10.6 Å². The number of hydrogen-bond acceptors (Lipinski definition) is 11. The average Bonchev–Trinajstić information content (AvgIpc) is 2.99. The molecule has 6 atom stereocenters.